The second kappa shape index (κ2) is 17.8. The van der Waals surface area contributed by atoms with Crippen LogP contribution in [0.15, 0.2) is 143 Å². The number of nitro groups is 1. The van der Waals surface area contributed by atoms with Crippen molar-refractivity contribution < 1.29 is 28.8 Å². The van der Waals surface area contributed by atoms with E-state index >= 15 is 0 Å². The lowest BCUT2D eigenvalue weighted by Gasteiger charge is -2.17. The predicted molar refractivity (Wildman–Crippen MR) is 214 cm³/mol. The highest BCUT2D eigenvalue weighted by Crippen LogP contribution is 2.38. The molecule has 0 bridgehead atoms. The number of thioether (sulfide) groups is 1. The van der Waals surface area contributed by atoms with E-state index in [4.69, 9.17) is 9.47 Å². The van der Waals surface area contributed by atoms with Crippen LogP contribution in [0.2, 0.25) is 0 Å². The van der Waals surface area contributed by atoms with Gasteiger partial charge in [0.05, 0.1) is 24.8 Å². The lowest BCUT2D eigenvalue weighted by atomic mass is 10.1. The number of nitrogens with one attached hydrogen (secondary N) is 3. The topological polar surface area (TPSA) is 162 Å². The molecule has 6 rings (SSSR count). The van der Waals surface area contributed by atoms with E-state index in [1.54, 1.807) is 84.2 Å². The van der Waals surface area contributed by atoms with Gasteiger partial charge in [0.25, 0.3) is 17.5 Å². The Bertz CT molecular complexity index is 2370. The Balaban J connectivity index is 1.22. The number of rotatable bonds is 14. The van der Waals surface area contributed by atoms with Gasteiger partial charge in [-0.25, -0.2) is 4.98 Å². The number of nitro benzene ring substituents is 1. The molecule has 5 aromatic carbocycles. The van der Waals surface area contributed by atoms with Crippen molar-refractivity contribution in [2.24, 2.45) is 0 Å². The second-order valence-corrected chi connectivity index (χ2v) is 13.8. The van der Waals surface area contributed by atoms with Crippen LogP contribution in [0.3, 0.4) is 0 Å². The van der Waals surface area contributed by atoms with Crippen molar-refractivity contribution in [1.29, 1.82) is 0 Å². The Labute approximate surface area is 324 Å². The average molecular weight is 772 g/mol. The fourth-order valence-corrected chi connectivity index (χ4v) is 7.15. The number of aromatic nitrogens is 1. The van der Waals surface area contributed by atoms with Crippen LogP contribution in [0.25, 0.3) is 17.3 Å². The third-order valence-electron chi connectivity index (χ3n) is 8.02. The second-order valence-electron chi connectivity index (χ2n) is 11.7. The SMILES string of the molecule is COc1ccc(/C=C(/NC(=O)c2ccccc2)C(=O)Nc2cccc(SC(C(=O)Nc3nc(-c4cccc([N+](=O)[O-])c4)cs3)c3ccccc3)c2)cc1OC. The number of nitrogens with zero attached hydrogens (tertiary/aromatic N) is 2. The highest BCUT2D eigenvalue weighted by Gasteiger charge is 2.24. The first-order valence-electron chi connectivity index (χ1n) is 16.6. The van der Waals surface area contributed by atoms with Gasteiger partial charge in [-0.15, -0.1) is 23.1 Å². The van der Waals surface area contributed by atoms with Gasteiger partial charge in [0.1, 0.15) is 10.9 Å². The van der Waals surface area contributed by atoms with Crippen LogP contribution >= 0.6 is 23.1 Å². The summed E-state index contributed by atoms with van der Waals surface area (Å²) in [7, 11) is 3.03. The van der Waals surface area contributed by atoms with Crippen LogP contribution in [0.5, 0.6) is 11.5 Å². The number of ether oxygens (including phenoxy) is 2. The van der Waals surface area contributed by atoms with Gasteiger partial charge in [0.15, 0.2) is 16.6 Å². The highest BCUT2D eigenvalue weighted by molar-refractivity contribution is 8.00. The summed E-state index contributed by atoms with van der Waals surface area (Å²) in [6, 6.07) is 36.0. The molecule has 0 saturated carbocycles. The number of amides is 3. The third-order valence-corrected chi connectivity index (χ3v) is 10.0. The number of hydrogen-bond acceptors (Lipinski definition) is 10. The van der Waals surface area contributed by atoms with Crippen molar-refractivity contribution in [3.8, 4) is 22.8 Å². The summed E-state index contributed by atoms with van der Waals surface area (Å²) >= 11 is 2.48. The molecule has 3 amide bonds. The van der Waals surface area contributed by atoms with Crippen molar-refractivity contribution in [3.63, 3.8) is 0 Å². The fraction of sp³-hybridized carbons (Fsp3) is 0.0732. The van der Waals surface area contributed by atoms with Crippen LogP contribution in [0.4, 0.5) is 16.5 Å². The molecule has 0 aliphatic heterocycles. The van der Waals surface area contributed by atoms with Crippen molar-refractivity contribution >= 4 is 63.4 Å². The summed E-state index contributed by atoms with van der Waals surface area (Å²) in [5, 5.41) is 21.1. The zero-order valence-corrected chi connectivity index (χ0v) is 31.1. The van der Waals surface area contributed by atoms with Crippen molar-refractivity contribution in [2.75, 3.05) is 24.9 Å². The molecule has 1 heterocycles. The van der Waals surface area contributed by atoms with Crippen LogP contribution in [0, 0.1) is 10.1 Å². The molecule has 55 heavy (non-hydrogen) atoms. The average Bonchev–Trinajstić information content (AvgIpc) is 3.68. The maximum absolute atomic E-state index is 13.8. The minimum absolute atomic E-state index is 0.0198. The molecule has 0 aliphatic carbocycles. The molecule has 276 valence electrons. The van der Waals surface area contributed by atoms with Crippen molar-refractivity contribution in [2.45, 2.75) is 10.1 Å². The number of methoxy groups -OCH3 is 2. The third kappa shape index (κ3) is 9.81. The number of anilines is 2. The first kappa shape index (κ1) is 38.0. The van der Waals surface area contributed by atoms with Gasteiger partial charge in [-0.2, -0.15) is 0 Å². The molecule has 12 nitrogen and oxygen atoms in total. The Morgan fingerprint density at radius 2 is 1.55 bits per heavy atom. The van der Waals surface area contributed by atoms with Crippen LogP contribution in [0.1, 0.15) is 26.7 Å². The molecular formula is C41H33N5O7S2. The molecule has 0 spiro atoms. The summed E-state index contributed by atoms with van der Waals surface area (Å²) in [4.78, 5) is 56.9. The molecule has 3 N–H and O–H groups in total. The standard InChI is InChI=1S/C41H33N5O7S2/c1-52-35-20-19-26(22-36(35)53-2)21-33(43-38(47)28-13-7-4-8-14-28)39(48)42-30-16-10-18-32(24-30)55-37(27-11-5-3-6-12-27)40(49)45-41-44-34(25-54-41)29-15-9-17-31(23-29)46(50)51/h3-25,37H,1-2H3,(H,42,48)(H,43,47)(H,44,45,49)/b33-21+. The number of non-ortho nitro benzene ring substituents is 1. The van der Waals surface area contributed by atoms with Gasteiger partial charge >= 0.3 is 0 Å². The number of carbonyl (C=O) groups excluding carboxylic acids is 3. The number of benzene rings is 5. The molecule has 1 atom stereocenters. The van der Waals surface area contributed by atoms with Crippen molar-refractivity contribution in [1.82, 2.24) is 10.3 Å². The lowest BCUT2D eigenvalue weighted by molar-refractivity contribution is -0.384. The van der Waals surface area contributed by atoms with Crippen LogP contribution < -0.4 is 25.4 Å². The largest absolute Gasteiger partial charge is 0.493 e. The molecule has 6 aromatic rings. The van der Waals surface area contributed by atoms with Crippen LogP contribution in [-0.2, 0) is 9.59 Å². The molecule has 0 radical (unpaired) electrons. The van der Waals surface area contributed by atoms with E-state index in [1.165, 1.54) is 55.5 Å². The molecule has 14 heteroatoms. The Hall–Kier alpha value is -6.77. The first-order valence-corrected chi connectivity index (χ1v) is 18.4. The molecule has 0 saturated heterocycles. The summed E-state index contributed by atoms with van der Waals surface area (Å²) in [5.74, 6) is -0.435. The molecule has 0 aliphatic rings. The van der Waals surface area contributed by atoms with Gasteiger partial charge in [-0.3, -0.25) is 24.5 Å². The lowest BCUT2D eigenvalue weighted by Crippen LogP contribution is -2.30. The monoisotopic (exact) mass is 771 g/mol. The highest BCUT2D eigenvalue weighted by atomic mass is 32.2. The van der Waals surface area contributed by atoms with E-state index in [-0.39, 0.29) is 17.3 Å². The summed E-state index contributed by atoms with van der Waals surface area (Å²) in [6.45, 7) is 0. The van der Waals surface area contributed by atoms with E-state index in [1.807, 2.05) is 36.4 Å². The Kier molecular flexibility index (Phi) is 12.3. The van der Waals surface area contributed by atoms with E-state index in [2.05, 4.69) is 20.9 Å². The van der Waals surface area contributed by atoms with Crippen LogP contribution in [-0.4, -0.2) is 41.8 Å². The summed E-state index contributed by atoms with van der Waals surface area (Å²) in [6.07, 6.45) is 1.54. The maximum Gasteiger partial charge on any atom is 0.272 e. The summed E-state index contributed by atoms with van der Waals surface area (Å²) in [5.41, 5.74) is 3.08. The number of hydrogen-bond donors (Lipinski definition) is 3. The van der Waals surface area contributed by atoms with E-state index in [9.17, 15) is 24.5 Å². The number of thiazole rings is 1. The molecule has 1 aromatic heterocycles. The van der Waals surface area contributed by atoms with Crippen molar-refractivity contribution in [3.05, 3.63) is 165 Å². The first-order chi connectivity index (χ1) is 26.7. The van der Waals surface area contributed by atoms with Gasteiger partial charge < -0.3 is 25.4 Å². The minimum atomic E-state index is -0.719. The Morgan fingerprint density at radius 1 is 0.818 bits per heavy atom. The molecule has 1 unspecified atom stereocenters. The zero-order valence-electron chi connectivity index (χ0n) is 29.4. The normalized spacial score (nSPS) is 11.6. The quantitative estimate of drug-likeness (QED) is 0.0426. The maximum atomic E-state index is 13.8. The molecule has 0 fully saturated rings. The minimum Gasteiger partial charge on any atom is -0.493 e. The summed E-state index contributed by atoms with van der Waals surface area (Å²) < 4.78 is 10.8. The van der Waals surface area contributed by atoms with E-state index in [0.717, 1.165) is 5.56 Å². The van der Waals surface area contributed by atoms with Gasteiger partial charge in [0, 0.05) is 39.2 Å². The van der Waals surface area contributed by atoms with Gasteiger partial charge in [-0.05, 0) is 59.7 Å². The molecular weight excluding hydrogens is 739 g/mol. The number of carbonyl (C=O) groups is 3. The Morgan fingerprint density at radius 3 is 2.27 bits per heavy atom. The van der Waals surface area contributed by atoms with Gasteiger partial charge in [-0.1, -0.05) is 72.8 Å². The van der Waals surface area contributed by atoms with E-state index < -0.39 is 22.0 Å². The smallest absolute Gasteiger partial charge is 0.272 e. The predicted octanol–water partition coefficient (Wildman–Crippen LogP) is 8.62. The zero-order chi connectivity index (χ0) is 38.7. The van der Waals surface area contributed by atoms with Gasteiger partial charge in [0.2, 0.25) is 5.91 Å². The fourth-order valence-electron chi connectivity index (χ4n) is 5.35. The van der Waals surface area contributed by atoms with E-state index in [0.29, 0.717) is 49.6 Å².